The van der Waals surface area contributed by atoms with Gasteiger partial charge in [0.2, 0.25) is 0 Å². The molecule has 0 saturated carbocycles. The first-order valence-corrected chi connectivity index (χ1v) is 5.22. The van der Waals surface area contributed by atoms with Gasteiger partial charge in [0, 0.05) is 0 Å². The molecule has 5 nitrogen and oxygen atoms in total. The van der Waals surface area contributed by atoms with Crippen LogP contribution < -0.4 is 0 Å². The van der Waals surface area contributed by atoms with Crippen molar-refractivity contribution in [2.45, 2.75) is 26.4 Å². The first-order valence-electron chi connectivity index (χ1n) is 5.22. The zero-order valence-corrected chi connectivity index (χ0v) is 9.23. The maximum atomic E-state index is 11.7. The molecule has 0 bridgehead atoms. The van der Waals surface area contributed by atoms with Crippen LogP contribution in [0.2, 0.25) is 0 Å². The summed E-state index contributed by atoms with van der Waals surface area (Å²) in [5.74, 6) is -0.320. The standard InChI is InChI=1S/C11H13N3O2/c1-3-7(2)16-11(15)8-4-5-9-10(6-8)13-14-12-9/h4-7H,3H2,1-2H3,(H,12,13,14). The number of ether oxygens (including phenoxy) is 1. The SMILES string of the molecule is CCC(C)OC(=O)c1ccc2n[nH]nc2c1. The lowest BCUT2D eigenvalue weighted by molar-refractivity contribution is 0.0334. The van der Waals surface area contributed by atoms with Crippen molar-refractivity contribution in [3.05, 3.63) is 23.8 Å². The monoisotopic (exact) mass is 219 g/mol. The lowest BCUT2D eigenvalue weighted by atomic mass is 10.2. The van der Waals surface area contributed by atoms with Crippen LogP contribution in [0.1, 0.15) is 30.6 Å². The van der Waals surface area contributed by atoms with Crippen LogP contribution in [0.15, 0.2) is 18.2 Å². The molecule has 0 aliphatic carbocycles. The van der Waals surface area contributed by atoms with Gasteiger partial charge >= 0.3 is 5.97 Å². The number of carbonyl (C=O) groups excluding carboxylic acids is 1. The minimum atomic E-state index is -0.320. The van der Waals surface area contributed by atoms with E-state index in [-0.39, 0.29) is 12.1 Å². The number of aromatic nitrogens is 3. The summed E-state index contributed by atoms with van der Waals surface area (Å²) in [6.45, 7) is 3.84. The van der Waals surface area contributed by atoms with E-state index in [9.17, 15) is 4.79 Å². The Labute approximate surface area is 92.8 Å². The predicted octanol–water partition coefficient (Wildman–Crippen LogP) is 1.91. The molecule has 84 valence electrons. The van der Waals surface area contributed by atoms with Gasteiger partial charge in [-0.15, -0.1) is 0 Å². The van der Waals surface area contributed by atoms with Crippen LogP contribution in [0.25, 0.3) is 11.0 Å². The van der Waals surface area contributed by atoms with Gasteiger partial charge < -0.3 is 4.74 Å². The summed E-state index contributed by atoms with van der Waals surface area (Å²) in [6.07, 6.45) is 0.735. The van der Waals surface area contributed by atoms with E-state index < -0.39 is 0 Å². The molecule has 0 radical (unpaired) electrons. The van der Waals surface area contributed by atoms with Crippen molar-refractivity contribution in [3.63, 3.8) is 0 Å². The molecule has 16 heavy (non-hydrogen) atoms. The number of H-pyrrole nitrogens is 1. The topological polar surface area (TPSA) is 67.9 Å². The summed E-state index contributed by atoms with van der Waals surface area (Å²) in [4.78, 5) is 11.7. The van der Waals surface area contributed by atoms with Crippen molar-refractivity contribution in [3.8, 4) is 0 Å². The van der Waals surface area contributed by atoms with E-state index >= 15 is 0 Å². The number of carbonyl (C=O) groups is 1. The normalized spacial score (nSPS) is 12.6. The van der Waals surface area contributed by atoms with Crippen molar-refractivity contribution < 1.29 is 9.53 Å². The molecular formula is C11H13N3O2. The second-order valence-electron chi connectivity index (χ2n) is 3.65. The van der Waals surface area contributed by atoms with Gasteiger partial charge in [0.05, 0.1) is 11.7 Å². The third-order valence-corrected chi connectivity index (χ3v) is 2.44. The van der Waals surface area contributed by atoms with Gasteiger partial charge in [-0.05, 0) is 31.5 Å². The maximum absolute atomic E-state index is 11.7. The summed E-state index contributed by atoms with van der Waals surface area (Å²) in [6, 6.07) is 5.10. The van der Waals surface area contributed by atoms with E-state index in [1.807, 2.05) is 13.8 Å². The fraction of sp³-hybridized carbons (Fsp3) is 0.364. The van der Waals surface area contributed by atoms with Crippen molar-refractivity contribution >= 4 is 17.0 Å². The summed E-state index contributed by atoms with van der Waals surface area (Å²) < 4.78 is 5.21. The molecule has 1 heterocycles. The molecular weight excluding hydrogens is 206 g/mol. The number of rotatable bonds is 3. The van der Waals surface area contributed by atoms with Gasteiger partial charge in [-0.3, -0.25) is 0 Å². The van der Waals surface area contributed by atoms with Crippen LogP contribution in [-0.2, 0) is 4.74 Å². The number of benzene rings is 1. The third-order valence-electron chi connectivity index (χ3n) is 2.44. The Balaban J connectivity index is 2.22. The molecule has 0 aliphatic heterocycles. The molecule has 1 aromatic carbocycles. The van der Waals surface area contributed by atoms with E-state index in [2.05, 4.69) is 15.4 Å². The Morgan fingerprint density at radius 3 is 2.94 bits per heavy atom. The second kappa shape index (κ2) is 4.30. The van der Waals surface area contributed by atoms with Gasteiger partial charge in [0.15, 0.2) is 0 Å². The van der Waals surface area contributed by atoms with Crippen molar-refractivity contribution in [2.75, 3.05) is 0 Å². The molecule has 0 aliphatic rings. The number of hydrogen-bond donors (Lipinski definition) is 1. The van der Waals surface area contributed by atoms with Gasteiger partial charge in [-0.2, -0.15) is 15.4 Å². The van der Waals surface area contributed by atoms with E-state index in [0.717, 1.165) is 11.9 Å². The fourth-order valence-electron chi connectivity index (χ4n) is 1.30. The molecule has 1 unspecified atom stereocenters. The molecule has 5 heteroatoms. The van der Waals surface area contributed by atoms with Crippen molar-refractivity contribution in [1.29, 1.82) is 0 Å². The smallest absolute Gasteiger partial charge is 0.338 e. The summed E-state index contributed by atoms with van der Waals surface area (Å²) in [7, 11) is 0. The molecule has 2 rings (SSSR count). The third kappa shape index (κ3) is 2.03. The number of esters is 1. The average molecular weight is 219 g/mol. The summed E-state index contributed by atoms with van der Waals surface area (Å²) in [5.41, 5.74) is 1.90. The lowest BCUT2D eigenvalue weighted by Gasteiger charge is -2.10. The predicted molar refractivity (Wildman–Crippen MR) is 59.1 cm³/mol. The molecule has 1 atom stereocenters. The minimum Gasteiger partial charge on any atom is -0.459 e. The highest BCUT2D eigenvalue weighted by Gasteiger charge is 2.11. The molecule has 1 N–H and O–H groups in total. The van der Waals surface area contributed by atoms with Crippen LogP contribution in [0, 0.1) is 0 Å². The molecule has 2 aromatic rings. The number of hydrogen-bond acceptors (Lipinski definition) is 4. The van der Waals surface area contributed by atoms with Crippen LogP contribution in [-0.4, -0.2) is 27.5 Å². The Hall–Kier alpha value is -1.91. The van der Waals surface area contributed by atoms with Crippen LogP contribution >= 0.6 is 0 Å². The molecule has 1 aromatic heterocycles. The van der Waals surface area contributed by atoms with Crippen molar-refractivity contribution in [1.82, 2.24) is 15.4 Å². The lowest BCUT2D eigenvalue weighted by Crippen LogP contribution is -2.13. The second-order valence-corrected chi connectivity index (χ2v) is 3.65. The summed E-state index contributed by atoms with van der Waals surface area (Å²) >= 11 is 0. The highest BCUT2D eigenvalue weighted by Crippen LogP contribution is 2.12. The first kappa shape index (κ1) is 10.6. The Bertz CT molecular complexity index is 507. The summed E-state index contributed by atoms with van der Waals surface area (Å²) in [5, 5.41) is 10.3. The van der Waals surface area contributed by atoms with Gasteiger partial charge in [-0.1, -0.05) is 6.92 Å². The molecule has 0 fully saturated rings. The van der Waals surface area contributed by atoms with Gasteiger partial charge in [0.25, 0.3) is 0 Å². The molecule has 0 spiro atoms. The van der Waals surface area contributed by atoms with E-state index in [1.54, 1.807) is 18.2 Å². The minimum absolute atomic E-state index is 0.0690. The Morgan fingerprint density at radius 1 is 1.44 bits per heavy atom. The molecule has 0 amide bonds. The quantitative estimate of drug-likeness (QED) is 0.801. The van der Waals surface area contributed by atoms with E-state index in [0.29, 0.717) is 11.1 Å². The highest BCUT2D eigenvalue weighted by atomic mass is 16.5. The van der Waals surface area contributed by atoms with Crippen LogP contribution in [0.3, 0.4) is 0 Å². The first-order chi connectivity index (χ1) is 7.70. The largest absolute Gasteiger partial charge is 0.459 e. The van der Waals surface area contributed by atoms with Gasteiger partial charge in [-0.25, -0.2) is 4.79 Å². The van der Waals surface area contributed by atoms with E-state index in [1.165, 1.54) is 0 Å². The van der Waals surface area contributed by atoms with Crippen LogP contribution in [0.4, 0.5) is 0 Å². The zero-order valence-electron chi connectivity index (χ0n) is 9.23. The van der Waals surface area contributed by atoms with Crippen LogP contribution in [0.5, 0.6) is 0 Å². The highest BCUT2D eigenvalue weighted by molar-refractivity contribution is 5.93. The number of nitrogens with zero attached hydrogens (tertiary/aromatic N) is 2. The Kier molecular flexibility index (Phi) is 2.85. The van der Waals surface area contributed by atoms with Crippen molar-refractivity contribution in [2.24, 2.45) is 0 Å². The Morgan fingerprint density at radius 2 is 2.19 bits per heavy atom. The van der Waals surface area contributed by atoms with Gasteiger partial charge in [0.1, 0.15) is 11.0 Å². The zero-order chi connectivity index (χ0) is 11.5. The number of fused-ring (bicyclic) bond motifs is 1. The average Bonchev–Trinajstić information content (AvgIpc) is 2.75. The fourth-order valence-corrected chi connectivity index (χ4v) is 1.30. The number of aromatic amines is 1. The number of nitrogens with one attached hydrogen (secondary N) is 1. The molecule has 0 saturated heterocycles. The van der Waals surface area contributed by atoms with E-state index in [4.69, 9.17) is 4.74 Å². The maximum Gasteiger partial charge on any atom is 0.338 e.